The van der Waals surface area contributed by atoms with Gasteiger partial charge in [0.25, 0.3) is 0 Å². The van der Waals surface area contributed by atoms with Crippen LogP contribution in [-0.4, -0.2) is 24.1 Å². The molecular formula is C19H25N3. The maximum Gasteiger partial charge on any atom is 0.136 e. The fraction of sp³-hybridized carbons (Fsp3) is 0.421. The number of rotatable bonds is 5. The number of benzene rings is 1. The second kappa shape index (κ2) is 6.93. The number of anilines is 1. The van der Waals surface area contributed by atoms with Crippen molar-refractivity contribution in [2.24, 2.45) is 11.7 Å². The quantitative estimate of drug-likeness (QED) is 0.914. The highest BCUT2D eigenvalue weighted by molar-refractivity contribution is 5.76. The Kier molecular flexibility index (Phi) is 4.74. The standard InChI is InChI=1S/C19H25N3/c1-2-7-15-12-17(13-20)22(14-15)19-18(10-6-11-21-19)16-8-4-3-5-9-16/h3-6,8-11,15,17H,2,7,12-14,20H2,1H3/t15?,17-/m0/s1. The summed E-state index contributed by atoms with van der Waals surface area (Å²) in [4.78, 5) is 7.13. The summed E-state index contributed by atoms with van der Waals surface area (Å²) in [6, 6.07) is 15.1. The Morgan fingerprint density at radius 1 is 1.18 bits per heavy atom. The number of pyridine rings is 1. The first-order valence-corrected chi connectivity index (χ1v) is 8.30. The molecule has 2 aromatic rings. The molecule has 116 valence electrons. The van der Waals surface area contributed by atoms with E-state index in [0.29, 0.717) is 12.6 Å². The molecule has 2 atom stereocenters. The largest absolute Gasteiger partial charge is 0.352 e. The van der Waals surface area contributed by atoms with E-state index in [1.54, 1.807) is 0 Å². The van der Waals surface area contributed by atoms with Gasteiger partial charge >= 0.3 is 0 Å². The molecule has 1 aliphatic heterocycles. The van der Waals surface area contributed by atoms with Crippen LogP contribution in [-0.2, 0) is 0 Å². The van der Waals surface area contributed by atoms with Crippen LogP contribution in [0.2, 0.25) is 0 Å². The van der Waals surface area contributed by atoms with E-state index in [0.717, 1.165) is 18.3 Å². The van der Waals surface area contributed by atoms with Gasteiger partial charge in [-0.1, -0.05) is 43.7 Å². The molecule has 22 heavy (non-hydrogen) atoms. The van der Waals surface area contributed by atoms with Crippen molar-refractivity contribution in [3.63, 3.8) is 0 Å². The van der Waals surface area contributed by atoms with E-state index in [4.69, 9.17) is 10.7 Å². The van der Waals surface area contributed by atoms with Crippen molar-refractivity contribution >= 4 is 5.82 Å². The maximum absolute atomic E-state index is 6.04. The van der Waals surface area contributed by atoms with Gasteiger partial charge in [-0.25, -0.2) is 4.98 Å². The number of hydrogen-bond acceptors (Lipinski definition) is 3. The van der Waals surface area contributed by atoms with E-state index >= 15 is 0 Å². The zero-order valence-corrected chi connectivity index (χ0v) is 13.3. The molecule has 1 fully saturated rings. The Hall–Kier alpha value is -1.87. The molecule has 0 saturated carbocycles. The van der Waals surface area contributed by atoms with Crippen LogP contribution in [0, 0.1) is 5.92 Å². The lowest BCUT2D eigenvalue weighted by Crippen LogP contribution is -2.36. The van der Waals surface area contributed by atoms with Gasteiger partial charge in [-0.3, -0.25) is 0 Å². The van der Waals surface area contributed by atoms with Crippen molar-refractivity contribution in [2.75, 3.05) is 18.0 Å². The molecule has 1 saturated heterocycles. The molecule has 0 amide bonds. The van der Waals surface area contributed by atoms with Crippen LogP contribution >= 0.6 is 0 Å². The first-order valence-electron chi connectivity index (χ1n) is 8.30. The number of nitrogens with two attached hydrogens (primary N) is 1. The molecule has 0 radical (unpaired) electrons. The molecule has 1 aliphatic rings. The van der Waals surface area contributed by atoms with Gasteiger partial charge in [0, 0.05) is 30.9 Å². The van der Waals surface area contributed by atoms with Gasteiger partial charge in [-0.15, -0.1) is 0 Å². The van der Waals surface area contributed by atoms with E-state index in [1.807, 2.05) is 12.3 Å². The third-order valence-corrected chi connectivity index (χ3v) is 4.61. The van der Waals surface area contributed by atoms with Crippen LogP contribution in [0.4, 0.5) is 5.82 Å². The highest BCUT2D eigenvalue weighted by Crippen LogP contribution is 2.35. The highest BCUT2D eigenvalue weighted by Gasteiger charge is 2.32. The second-order valence-electron chi connectivity index (χ2n) is 6.17. The summed E-state index contributed by atoms with van der Waals surface area (Å²) in [7, 11) is 0. The van der Waals surface area contributed by atoms with Crippen LogP contribution in [0.25, 0.3) is 11.1 Å². The molecule has 0 spiro atoms. The SMILES string of the molecule is CCCC1C[C@@H](CN)N(c2ncccc2-c2ccccc2)C1. The molecule has 2 N–H and O–H groups in total. The normalized spacial score (nSPS) is 21.3. The van der Waals surface area contributed by atoms with Gasteiger partial charge in [0.15, 0.2) is 0 Å². The van der Waals surface area contributed by atoms with Crippen LogP contribution in [0.3, 0.4) is 0 Å². The van der Waals surface area contributed by atoms with Crippen molar-refractivity contribution in [1.29, 1.82) is 0 Å². The van der Waals surface area contributed by atoms with E-state index in [1.165, 1.54) is 30.4 Å². The van der Waals surface area contributed by atoms with Crippen molar-refractivity contribution in [3.8, 4) is 11.1 Å². The summed E-state index contributed by atoms with van der Waals surface area (Å²) in [5, 5.41) is 0. The molecule has 3 nitrogen and oxygen atoms in total. The smallest absolute Gasteiger partial charge is 0.136 e. The van der Waals surface area contributed by atoms with Crippen LogP contribution < -0.4 is 10.6 Å². The zero-order valence-electron chi connectivity index (χ0n) is 13.3. The average Bonchev–Trinajstić information content (AvgIpc) is 2.99. The first-order chi connectivity index (χ1) is 10.8. The summed E-state index contributed by atoms with van der Waals surface area (Å²) >= 11 is 0. The molecule has 0 aliphatic carbocycles. The molecule has 1 aromatic heterocycles. The van der Waals surface area contributed by atoms with Gasteiger partial charge in [0.05, 0.1) is 0 Å². The minimum absolute atomic E-state index is 0.411. The maximum atomic E-state index is 6.04. The lowest BCUT2D eigenvalue weighted by molar-refractivity contribution is 0.509. The fourth-order valence-electron chi connectivity index (χ4n) is 3.58. The van der Waals surface area contributed by atoms with Crippen molar-refractivity contribution in [1.82, 2.24) is 4.98 Å². The molecule has 3 heteroatoms. The Bertz CT molecular complexity index is 597. The van der Waals surface area contributed by atoms with Gasteiger partial charge in [-0.05, 0) is 36.5 Å². The molecule has 1 unspecified atom stereocenters. The Morgan fingerprint density at radius 2 is 2.00 bits per heavy atom. The predicted octanol–water partition coefficient (Wildman–Crippen LogP) is 3.70. The van der Waals surface area contributed by atoms with Gasteiger partial charge in [-0.2, -0.15) is 0 Å². The van der Waals surface area contributed by atoms with Gasteiger partial charge in [0.2, 0.25) is 0 Å². The molecular weight excluding hydrogens is 270 g/mol. The third-order valence-electron chi connectivity index (χ3n) is 4.61. The van der Waals surface area contributed by atoms with Crippen LogP contribution in [0.1, 0.15) is 26.2 Å². The summed E-state index contributed by atoms with van der Waals surface area (Å²) < 4.78 is 0. The van der Waals surface area contributed by atoms with Crippen LogP contribution in [0.5, 0.6) is 0 Å². The minimum atomic E-state index is 0.411. The summed E-state index contributed by atoms with van der Waals surface area (Å²) in [5.41, 5.74) is 8.47. The Morgan fingerprint density at radius 3 is 2.73 bits per heavy atom. The average molecular weight is 295 g/mol. The second-order valence-corrected chi connectivity index (χ2v) is 6.17. The Balaban J connectivity index is 1.94. The number of nitrogens with zero attached hydrogens (tertiary/aromatic N) is 2. The van der Waals surface area contributed by atoms with Crippen LogP contribution in [0.15, 0.2) is 48.7 Å². The highest BCUT2D eigenvalue weighted by atomic mass is 15.2. The van der Waals surface area contributed by atoms with Crippen molar-refractivity contribution in [3.05, 3.63) is 48.7 Å². The molecule has 0 bridgehead atoms. The molecule has 1 aromatic carbocycles. The van der Waals surface area contributed by atoms with E-state index in [9.17, 15) is 0 Å². The summed E-state index contributed by atoms with van der Waals surface area (Å²) in [5.74, 6) is 1.83. The van der Waals surface area contributed by atoms with Gasteiger partial charge in [0.1, 0.15) is 5.82 Å². The lowest BCUT2D eigenvalue weighted by Gasteiger charge is -2.26. The van der Waals surface area contributed by atoms with Gasteiger partial charge < -0.3 is 10.6 Å². The minimum Gasteiger partial charge on any atom is -0.352 e. The Labute approximate surface area is 133 Å². The topological polar surface area (TPSA) is 42.1 Å². The third kappa shape index (κ3) is 3.00. The molecule has 2 heterocycles. The van der Waals surface area contributed by atoms with Crippen molar-refractivity contribution in [2.45, 2.75) is 32.2 Å². The molecule has 3 rings (SSSR count). The van der Waals surface area contributed by atoms with E-state index in [-0.39, 0.29) is 0 Å². The monoisotopic (exact) mass is 295 g/mol. The fourth-order valence-corrected chi connectivity index (χ4v) is 3.58. The van der Waals surface area contributed by atoms with E-state index in [2.05, 4.69) is 48.2 Å². The first kappa shape index (κ1) is 15.0. The number of aromatic nitrogens is 1. The predicted molar refractivity (Wildman–Crippen MR) is 92.9 cm³/mol. The lowest BCUT2D eigenvalue weighted by atomic mass is 10.0. The summed E-state index contributed by atoms with van der Waals surface area (Å²) in [6.45, 7) is 4.04. The van der Waals surface area contributed by atoms with E-state index < -0.39 is 0 Å². The summed E-state index contributed by atoms with van der Waals surface area (Å²) in [6.07, 6.45) is 5.60. The number of hydrogen-bond donors (Lipinski definition) is 1. The van der Waals surface area contributed by atoms with Crippen molar-refractivity contribution < 1.29 is 0 Å². The zero-order chi connectivity index (χ0) is 15.4.